The van der Waals surface area contributed by atoms with Crippen molar-refractivity contribution in [1.29, 1.82) is 0 Å². The predicted octanol–water partition coefficient (Wildman–Crippen LogP) is 2.02. The minimum atomic E-state index is -0.551. The average Bonchev–Trinajstić information content (AvgIpc) is 3.28. The van der Waals surface area contributed by atoms with Gasteiger partial charge in [0.15, 0.2) is 0 Å². The molecule has 21 heavy (non-hydrogen) atoms. The highest BCUT2D eigenvalue weighted by atomic mass is 16.5. The summed E-state index contributed by atoms with van der Waals surface area (Å²) in [6.45, 7) is 8.92. The molecule has 0 aromatic heterocycles. The van der Waals surface area contributed by atoms with Crippen molar-refractivity contribution in [3.8, 4) is 0 Å². The number of rotatable bonds is 9. The molecule has 0 aromatic rings. The number of ether oxygens (including phenoxy) is 1. The third kappa shape index (κ3) is 5.20. The van der Waals surface area contributed by atoms with E-state index >= 15 is 0 Å². The molecule has 1 saturated carbocycles. The van der Waals surface area contributed by atoms with Gasteiger partial charge in [0.1, 0.15) is 0 Å². The Hall–Kier alpha value is -0.160. The smallest absolute Gasteiger partial charge is 0.0817 e. The molecule has 4 heteroatoms. The molecule has 1 aliphatic heterocycles. The van der Waals surface area contributed by atoms with Gasteiger partial charge in [-0.3, -0.25) is 0 Å². The van der Waals surface area contributed by atoms with Crippen molar-refractivity contribution in [2.24, 2.45) is 5.41 Å². The molecule has 2 aliphatic rings. The van der Waals surface area contributed by atoms with Gasteiger partial charge >= 0.3 is 0 Å². The summed E-state index contributed by atoms with van der Waals surface area (Å²) in [7, 11) is 2.16. The summed E-state index contributed by atoms with van der Waals surface area (Å²) in [5.41, 5.74) is -0.219. The van der Waals surface area contributed by atoms with E-state index in [-0.39, 0.29) is 0 Å². The van der Waals surface area contributed by atoms with Crippen LogP contribution in [0.15, 0.2) is 0 Å². The van der Waals surface area contributed by atoms with E-state index in [0.29, 0.717) is 18.6 Å². The maximum absolute atomic E-state index is 10.7. The maximum Gasteiger partial charge on any atom is 0.0817 e. The number of nitrogens with zero attached hydrogens (tertiary/aromatic N) is 1. The lowest BCUT2D eigenvalue weighted by Gasteiger charge is -2.40. The fourth-order valence-electron chi connectivity index (χ4n) is 3.47. The first-order valence-corrected chi connectivity index (χ1v) is 8.73. The van der Waals surface area contributed by atoms with Gasteiger partial charge in [0.05, 0.1) is 5.60 Å². The van der Waals surface area contributed by atoms with Gasteiger partial charge in [0.2, 0.25) is 0 Å². The van der Waals surface area contributed by atoms with E-state index in [9.17, 15) is 5.11 Å². The number of likely N-dealkylation sites (N-methyl/N-ethyl adjacent to an activating group) is 1. The Bertz CT molecular complexity index is 308. The van der Waals surface area contributed by atoms with E-state index in [1.54, 1.807) is 0 Å². The zero-order valence-electron chi connectivity index (χ0n) is 14.2. The van der Waals surface area contributed by atoms with E-state index in [4.69, 9.17) is 4.74 Å². The summed E-state index contributed by atoms with van der Waals surface area (Å²) in [5.74, 6) is 0. The van der Waals surface area contributed by atoms with Gasteiger partial charge in [-0.25, -0.2) is 0 Å². The quantitative estimate of drug-likeness (QED) is 0.683. The molecule has 1 aliphatic carbocycles. The highest BCUT2D eigenvalue weighted by Crippen LogP contribution is 2.30. The van der Waals surface area contributed by atoms with Gasteiger partial charge in [-0.05, 0) is 38.1 Å². The van der Waals surface area contributed by atoms with Gasteiger partial charge in [-0.15, -0.1) is 0 Å². The Morgan fingerprint density at radius 2 is 1.86 bits per heavy atom. The van der Waals surface area contributed by atoms with Crippen molar-refractivity contribution in [2.75, 3.05) is 39.9 Å². The summed E-state index contributed by atoms with van der Waals surface area (Å²) in [5, 5.41) is 14.4. The van der Waals surface area contributed by atoms with Crippen LogP contribution < -0.4 is 5.32 Å². The standard InChI is InChI=1S/C17H34N2O2/c1-4-16(5-2,12-18-15-6-7-15)13-19(3)14-17(20)8-10-21-11-9-17/h15,18,20H,4-14H2,1-3H3. The zero-order chi connectivity index (χ0) is 15.3. The topological polar surface area (TPSA) is 44.7 Å². The van der Waals surface area contributed by atoms with Gasteiger partial charge in [0.25, 0.3) is 0 Å². The second-order valence-corrected chi connectivity index (χ2v) is 7.37. The van der Waals surface area contributed by atoms with Crippen LogP contribution in [0.2, 0.25) is 0 Å². The van der Waals surface area contributed by atoms with Crippen LogP contribution in [0.4, 0.5) is 0 Å². The Labute approximate surface area is 130 Å². The molecule has 0 unspecified atom stereocenters. The van der Waals surface area contributed by atoms with Crippen molar-refractivity contribution < 1.29 is 9.84 Å². The largest absolute Gasteiger partial charge is 0.388 e. The van der Waals surface area contributed by atoms with E-state index in [1.165, 1.54) is 25.7 Å². The Morgan fingerprint density at radius 1 is 1.24 bits per heavy atom. The molecule has 0 radical (unpaired) electrons. The molecule has 0 aromatic carbocycles. The average molecular weight is 298 g/mol. The van der Waals surface area contributed by atoms with Crippen LogP contribution in [0.25, 0.3) is 0 Å². The Morgan fingerprint density at radius 3 is 2.38 bits per heavy atom. The normalized spacial score (nSPS) is 22.7. The van der Waals surface area contributed by atoms with Crippen LogP contribution in [0.5, 0.6) is 0 Å². The molecule has 1 saturated heterocycles. The minimum absolute atomic E-state index is 0.332. The molecule has 124 valence electrons. The molecule has 2 N–H and O–H groups in total. The molecule has 0 spiro atoms. The third-order valence-corrected chi connectivity index (χ3v) is 5.44. The molecular weight excluding hydrogens is 264 g/mol. The number of hydrogen-bond donors (Lipinski definition) is 2. The lowest BCUT2D eigenvalue weighted by molar-refractivity contribution is -0.0806. The number of aliphatic hydroxyl groups is 1. The fraction of sp³-hybridized carbons (Fsp3) is 1.00. The first kappa shape index (κ1) is 17.2. The van der Waals surface area contributed by atoms with Crippen LogP contribution in [-0.4, -0.2) is 61.5 Å². The molecule has 1 heterocycles. The summed E-state index contributed by atoms with van der Waals surface area (Å²) in [6.07, 6.45) is 6.61. The minimum Gasteiger partial charge on any atom is -0.388 e. The molecular formula is C17H34N2O2. The zero-order valence-corrected chi connectivity index (χ0v) is 14.2. The van der Waals surface area contributed by atoms with Crippen molar-refractivity contribution in [1.82, 2.24) is 10.2 Å². The van der Waals surface area contributed by atoms with Crippen LogP contribution in [0.3, 0.4) is 0 Å². The molecule has 2 rings (SSSR count). The van der Waals surface area contributed by atoms with E-state index in [2.05, 4.69) is 31.1 Å². The lowest BCUT2D eigenvalue weighted by Crippen LogP contribution is -2.50. The third-order valence-electron chi connectivity index (χ3n) is 5.44. The van der Waals surface area contributed by atoms with Gasteiger partial charge in [0, 0.05) is 51.7 Å². The van der Waals surface area contributed by atoms with Gasteiger partial charge in [-0.2, -0.15) is 0 Å². The van der Waals surface area contributed by atoms with E-state index < -0.39 is 5.60 Å². The maximum atomic E-state index is 10.7. The van der Waals surface area contributed by atoms with Crippen LogP contribution in [-0.2, 0) is 4.74 Å². The summed E-state index contributed by atoms with van der Waals surface area (Å²) >= 11 is 0. The molecule has 0 amide bonds. The van der Waals surface area contributed by atoms with Crippen molar-refractivity contribution in [3.05, 3.63) is 0 Å². The Balaban J connectivity index is 1.85. The van der Waals surface area contributed by atoms with Crippen molar-refractivity contribution in [2.45, 2.75) is 64.0 Å². The second-order valence-electron chi connectivity index (χ2n) is 7.37. The monoisotopic (exact) mass is 298 g/mol. The number of hydrogen-bond acceptors (Lipinski definition) is 4. The highest BCUT2D eigenvalue weighted by molar-refractivity contribution is 4.90. The van der Waals surface area contributed by atoms with Crippen molar-refractivity contribution in [3.63, 3.8) is 0 Å². The van der Waals surface area contributed by atoms with Crippen LogP contribution >= 0.6 is 0 Å². The SMILES string of the molecule is CCC(CC)(CNC1CC1)CN(C)CC1(O)CCOCC1. The fourth-order valence-corrected chi connectivity index (χ4v) is 3.47. The summed E-state index contributed by atoms with van der Waals surface area (Å²) in [6, 6.07) is 0.771. The predicted molar refractivity (Wildman–Crippen MR) is 86.5 cm³/mol. The molecule has 0 bridgehead atoms. The Kier molecular flexibility index (Phi) is 6.06. The number of nitrogens with one attached hydrogen (secondary N) is 1. The second kappa shape index (κ2) is 7.40. The lowest BCUT2D eigenvalue weighted by atomic mass is 9.81. The van der Waals surface area contributed by atoms with Gasteiger partial charge < -0.3 is 20.1 Å². The highest BCUT2D eigenvalue weighted by Gasteiger charge is 2.35. The molecule has 0 atom stereocenters. The first-order chi connectivity index (χ1) is 10.0. The summed E-state index contributed by atoms with van der Waals surface area (Å²) < 4.78 is 5.37. The summed E-state index contributed by atoms with van der Waals surface area (Å²) in [4.78, 5) is 2.34. The van der Waals surface area contributed by atoms with E-state index in [0.717, 1.165) is 38.5 Å². The first-order valence-electron chi connectivity index (χ1n) is 8.73. The molecule has 2 fully saturated rings. The van der Waals surface area contributed by atoms with Crippen molar-refractivity contribution >= 4 is 0 Å². The van der Waals surface area contributed by atoms with Gasteiger partial charge in [-0.1, -0.05) is 13.8 Å². The van der Waals surface area contributed by atoms with Crippen LogP contribution in [0.1, 0.15) is 52.4 Å². The van der Waals surface area contributed by atoms with Crippen LogP contribution in [0, 0.1) is 5.41 Å². The van der Waals surface area contributed by atoms with E-state index in [1.807, 2.05) is 0 Å². The molecule has 4 nitrogen and oxygen atoms in total.